The van der Waals surface area contributed by atoms with E-state index in [4.69, 9.17) is 9.84 Å². The molecule has 0 atom stereocenters. The first-order valence-corrected chi connectivity index (χ1v) is 6.18. The quantitative estimate of drug-likeness (QED) is 0.925. The van der Waals surface area contributed by atoms with Crippen LogP contribution >= 0.6 is 27.3 Å². The number of rotatable bonds is 3. The number of carboxylic acid groups (broad SMARTS) is 1. The molecule has 1 N–H and O–H groups in total. The Bertz CT molecular complexity index is 568. The maximum atomic E-state index is 12.8. The van der Waals surface area contributed by atoms with Gasteiger partial charge in [-0.3, -0.25) is 0 Å². The van der Waals surface area contributed by atoms with E-state index in [1.807, 2.05) is 0 Å². The highest BCUT2D eigenvalue weighted by Gasteiger charge is 2.09. The van der Waals surface area contributed by atoms with Gasteiger partial charge >= 0.3 is 5.97 Å². The Balaban J connectivity index is 2.22. The largest absolute Gasteiger partial charge is 0.477 e. The number of hydrogen-bond donors (Lipinski definition) is 1. The van der Waals surface area contributed by atoms with E-state index in [9.17, 15) is 9.18 Å². The normalized spacial score (nSPS) is 10.2. The molecule has 88 valence electrons. The third kappa shape index (κ3) is 2.83. The summed E-state index contributed by atoms with van der Waals surface area (Å²) in [5.74, 6) is -0.523. The van der Waals surface area contributed by atoms with Crippen molar-refractivity contribution in [3.63, 3.8) is 0 Å². The third-order valence-corrected chi connectivity index (χ3v) is 3.42. The molecule has 0 aliphatic carbocycles. The van der Waals surface area contributed by atoms with Gasteiger partial charge in [-0.15, -0.1) is 11.3 Å². The number of halogens is 2. The van der Waals surface area contributed by atoms with E-state index in [1.165, 1.54) is 24.3 Å². The van der Waals surface area contributed by atoms with Crippen LogP contribution in [0.25, 0.3) is 0 Å². The SMILES string of the molecule is O=C(O)c1cc(Oc2ccc(F)cc2Br)cs1. The van der Waals surface area contributed by atoms with Crippen LogP contribution in [-0.2, 0) is 0 Å². The number of carbonyl (C=O) groups is 1. The standard InChI is InChI=1S/C11H6BrFO3S/c12-8-3-6(13)1-2-9(8)16-7-4-10(11(14)15)17-5-7/h1-5H,(H,14,15). The van der Waals surface area contributed by atoms with Crippen LogP contribution in [0.4, 0.5) is 4.39 Å². The summed E-state index contributed by atoms with van der Waals surface area (Å²) in [4.78, 5) is 10.9. The van der Waals surface area contributed by atoms with Crippen molar-refractivity contribution >= 4 is 33.2 Å². The zero-order chi connectivity index (χ0) is 12.4. The molecule has 0 spiro atoms. The van der Waals surface area contributed by atoms with Crippen molar-refractivity contribution in [2.75, 3.05) is 0 Å². The lowest BCUT2D eigenvalue weighted by Gasteiger charge is -2.05. The van der Waals surface area contributed by atoms with Gasteiger partial charge in [-0.05, 0) is 34.1 Å². The molecule has 0 aliphatic rings. The molecule has 0 saturated carbocycles. The fourth-order valence-corrected chi connectivity index (χ4v) is 2.25. The second kappa shape index (κ2) is 4.85. The van der Waals surface area contributed by atoms with Crippen LogP contribution in [0.15, 0.2) is 34.1 Å². The van der Waals surface area contributed by atoms with E-state index >= 15 is 0 Å². The fraction of sp³-hybridized carbons (Fsp3) is 0. The Labute approximate surface area is 109 Å². The average molecular weight is 317 g/mol. The van der Waals surface area contributed by atoms with Crippen LogP contribution in [0.1, 0.15) is 9.67 Å². The minimum atomic E-state index is -0.997. The van der Waals surface area contributed by atoms with E-state index in [1.54, 1.807) is 5.38 Å². The molecule has 1 aromatic carbocycles. The lowest BCUT2D eigenvalue weighted by molar-refractivity contribution is 0.0702. The summed E-state index contributed by atoms with van der Waals surface area (Å²) in [6.45, 7) is 0. The van der Waals surface area contributed by atoms with Crippen molar-refractivity contribution < 1.29 is 19.0 Å². The number of hydrogen-bond acceptors (Lipinski definition) is 3. The maximum absolute atomic E-state index is 12.8. The van der Waals surface area contributed by atoms with Crippen molar-refractivity contribution in [2.45, 2.75) is 0 Å². The first-order chi connectivity index (χ1) is 8.06. The molecule has 0 amide bonds. The molecule has 2 rings (SSSR count). The van der Waals surface area contributed by atoms with Gasteiger partial charge in [-0.2, -0.15) is 0 Å². The highest BCUT2D eigenvalue weighted by molar-refractivity contribution is 9.10. The van der Waals surface area contributed by atoms with Gasteiger partial charge in [-0.25, -0.2) is 9.18 Å². The first-order valence-electron chi connectivity index (χ1n) is 4.51. The predicted octanol–water partition coefficient (Wildman–Crippen LogP) is 4.14. The van der Waals surface area contributed by atoms with Crippen LogP contribution in [0.2, 0.25) is 0 Å². The number of carboxylic acids is 1. The second-order valence-electron chi connectivity index (χ2n) is 3.13. The van der Waals surface area contributed by atoms with Crippen molar-refractivity contribution in [1.29, 1.82) is 0 Å². The molecule has 17 heavy (non-hydrogen) atoms. The van der Waals surface area contributed by atoms with Gasteiger partial charge in [0, 0.05) is 11.4 Å². The topological polar surface area (TPSA) is 46.5 Å². The molecule has 1 aromatic heterocycles. The number of ether oxygens (including phenoxy) is 1. The van der Waals surface area contributed by atoms with Gasteiger partial charge in [0.1, 0.15) is 22.2 Å². The van der Waals surface area contributed by atoms with Crippen LogP contribution in [-0.4, -0.2) is 11.1 Å². The van der Waals surface area contributed by atoms with E-state index < -0.39 is 5.97 Å². The van der Waals surface area contributed by atoms with E-state index in [-0.39, 0.29) is 10.7 Å². The molecule has 0 bridgehead atoms. The molecule has 0 aliphatic heterocycles. The van der Waals surface area contributed by atoms with Gasteiger partial charge in [0.2, 0.25) is 0 Å². The maximum Gasteiger partial charge on any atom is 0.346 e. The van der Waals surface area contributed by atoms with Crippen LogP contribution in [0, 0.1) is 5.82 Å². The van der Waals surface area contributed by atoms with Gasteiger partial charge < -0.3 is 9.84 Å². The molecule has 2 aromatic rings. The summed E-state index contributed by atoms with van der Waals surface area (Å²) in [6, 6.07) is 5.44. The van der Waals surface area contributed by atoms with E-state index in [0.717, 1.165) is 11.3 Å². The molecule has 0 unspecified atom stereocenters. The minimum Gasteiger partial charge on any atom is -0.477 e. The second-order valence-corrected chi connectivity index (χ2v) is 4.89. The lowest BCUT2D eigenvalue weighted by Crippen LogP contribution is -1.90. The Morgan fingerprint density at radius 2 is 2.18 bits per heavy atom. The zero-order valence-electron chi connectivity index (χ0n) is 8.31. The molecule has 1 heterocycles. The summed E-state index contributed by atoms with van der Waals surface area (Å²) < 4.78 is 18.7. The summed E-state index contributed by atoms with van der Waals surface area (Å²) in [7, 11) is 0. The van der Waals surface area contributed by atoms with Crippen molar-refractivity contribution in [3.8, 4) is 11.5 Å². The molecule has 6 heteroatoms. The highest BCUT2D eigenvalue weighted by atomic mass is 79.9. The number of aromatic carboxylic acids is 1. The molecular formula is C11H6BrFO3S. The Morgan fingerprint density at radius 1 is 1.41 bits per heavy atom. The van der Waals surface area contributed by atoms with Gasteiger partial charge in [0.15, 0.2) is 0 Å². The monoisotopic (exact) mass is 316 g/mol. The van der Waals surface area contributed by atoms with Crippen LogP contribution in [0.5, 0.6) is 11.5 Å². The van der Waals surface area contributed by atoms with Crippen molar-refractivity contribution in [1.82, 2.24) is 0 Å². The fourth-order valence-electron chi connectivity index (χ4n) is 1.17. The van der Waals surface area contributed by atoms with Crippen molar-refractivity contribution in [2.24, 2.45) is 0 Å². The summed E-state index contributed by atoms with van der Waals surface area (Å²) in [5, 5.41) is 10.3. The Kier molecular flexibility index (Phi) is 3.44. The number of thiophene rings is 1. The van der Waals surface area contributed by atoms with Crippen molar-refractivity contribution in [3.05, 3.63) is 44.8 Å². The van der Waals surface area contributed by atoms with Gasteiger partial charge in [-0.1, -0.05) is 0 Å². The van der Waals surface area contributed by atoms with Gasteiger partial charge in [0.05, 0.1) is 4.47 Å². The van der Waals surface area contributed by atoms with Gasteiger partial charge in [0.25, 0.3) is 0 Å². The summed E-state index contributed by atoms with van der Waals surface area (Å²) in [6.07, 6.45) is 0. The predicted molar refractivity (Wildman–Crippen MR) is 65.5 cm³/mol. The smallest absolute Gasteiger partial charge is 0.346 e. The average Bonchev–Trinajstić information content (AvgIpc) is 2.71. The molecule has 3 nitrogen and oxygen atoms in total. The lowest BCUT2D eigenvalue weighted by atomic mass is 10.3. The molecular weight excluding hydrogens is 311 g/mol. The minimum absolute atomic E-state index is 0.193. The van der Waals surface area contributed by atoms with Crippen LogP contribution in [0.3, 0.4) is 0 Å². The molecule has 0 fully saturated rings. The summed E-state index contributed by atoms with van der Waals surface area (Å²) >= 11 is 4.23. The van der Waals surface area contributed by atoms with Crippen LogP contribution < -0.4 is 4.74 Å². The van der Waals surface area contributed by atoms with E-state index in [2.05, 4.69) is 15.9 Å². The number of benzene rings is 1. The Hall–Kier alpha value is -1.40. The highest BCUT2D eigenvalue weighted by Crippen LogP contribution is 2.32. The van der Waals surface area contributed by atoms with E-state index in [0.29, 0.717) is 16.0 Å². The Morgan fingerprint density at radius 3 is 2.76 bits per heavy atom. The third-order valence-electron chi connectivity index (χ3n) is 1.91. The zero-order valence-corrected chi connectivity index (χ0v) is 10.7. The molecule has 0 saturated heterocycles. The summed E-state index contributed by atoms with van der Waals surface area (Å²) in [5.41, 5.74) is 0. The molecule has 0 radical (unpaired) electrons. The first kappa shape index (κ1) is 12.1.